The summed E-state index contributed by atoms with van der Waals surface area (Å²) in [6.07, 6.45) is 3.33. The van der Waals surface area contributed by atoms with E-state index < -0.39 is 17.4 Å². The maximum absolute atomic E-state index is 15.6. The normalized spacial score (nSPS) is 18.2. The lowest BCUT2D eigenvalue weighted by Crippen LogP contribution is -2.53. The van der Waals surface area contributed by atoms with Crippen molar-refractivity contribution in [2.45, 2.75) is 50.7 Å². The smallest absolute Gasteiger partial charge is 0.124 e. The van der Waals surface area contributed by atoms with Crippen molar-refractivity contribution in [2.75, 3.05) is 13.1 Å². The van der Waals surface area contributed by atoms with E-state index in [1.807, 2.05) is 42.5 Å². The summed E-state index contributed by atoms with van der Waals surface area (Å²) >= 11 is 6.20. The van der Waals surface area contributed by atoms with Crippen LogP contribution in [-0.4, -0.2) is 29.4 Å². The topological polar surface area (TPSA) is 50.9 Å². The van der Waals surface area contributed by atoms with Crippen molar-refractivity contribution in [1.82, 2.24) is 4.90 Å². The number of benzene rings is 3. The maximum atomic E-state index is 15.6. The van der Waals surface area contributed by atoms with E-state index in [0.29, 0.717) is 35.3 Å². The molecule has 2 aliphatic rings. The Labute approximate surface area is 228 Å². The molecule has 2 fully saturated rings. The molecule has 0 radical (unpaired) electrons. The SMILES string of the molecule is CC(C)(F)C(c1cc(F)cc(C#N)c1)C1CN(C(c2ccc(Cl)cc2)c2cccc(C(=N)C3CCC3)c2)C1. The molecule has 3 aromatic rings. The summed E-state index contributed by atoms with van der Waals surface area (Å²) < 4.78 is 29.9. The van der Waals surface area contributed by atoms with Crippen molar-refractivity contribution in [1.29, 1.82) is 10.7 Å². The van der Waals surface area contributed by atoms with Crippen LogP contribution >= 0.6 is 11.6 Å². The molecular weight excluding hydrogens is 500 g/mol. The Morgan fingerprint density at radius 2 is 1.74 bits per heavy atom. The van der Waals surface area contributed by atoms with Gasteiger partial charge in [0.25, 0.3) is 0 Å². The second-order valence-corrected chi connectivity index (χ2v) is 11.7. The van der Waals surface area contributed by atoms with Crippen LogP contribution in [0.25, 0.3) is 0 Å². The van der Waals surface area contributed by atoms with E-state index in [2.05, 4.69) is 17.0 Å². The molecule has 1 aliphatic heterocycles. The molecule has 5 rings (SSSR count). The first kappa shape index (κ1) is 26.5. The summed E-state index contributed by atoms with van der Waals surface area (Å²) in [6, 6.07) is 22.1. The van der Waals surface area contributed by atoms with Gasteiger partial charge in [-0.25, -0.2) is 8.78 Å². The van der Waals surface area contributed by atoms with E-state index in [1.165, 1.54) is 32.4 Å². The fourth-order valence-electron chi connectivity index (χ4n) is 6.12. The van der Waals surface area contributed by atoms with Crippen LogP contribution in [0.2, 0.25) is 5.02 Å². The Hall–Kier alpha value is -3.07. The maximum Gasteiger partial charge on any atom is 0.124 e. The number of likely N-dealkylation sites (tertiary alicyclic amines) is 1. The van der Waals surface area contributed by atoms with Crippen LogP contribution in [0.1, 0.15) is 72.9 Å². The van der Waals surface area contributed by atoms with Gasteiger partial charge < -0.3 is 5.41 Å². The van der Waals surface area contributed by atoms with Crippen LogP contribution in [0.15, 0.2) is 66.7 Å². The minimum Gasteiger partial charge on any atom is -0.304 e. The van der Waals surface area contributed by atoms with Crippen LogP contribution in [-0.2, 0) is 0 Å². The average molecular weight is 532 g/mol. The minimum absolute atomic E-state index is 0.0467. The third-order valence-corrected chi connectivity index (χ3v) is 8.39. The summed E-state index contributed by atoms with van der Waals surface area (Å²) in [7, 11) is 0. The van der Waals surface area contributed by atoms with E-state index in [4.69, 9.17) is 17.0 Å². The zero-order valence-corrected chi connectivity index (χ0v) is 22.5. The van der Waals surface area contributed by atoms with E-state index in [-0.39, 0.29) is 17.5 Å². The molecule has 3 nitrogen and oxygen atoms in total. The van der Waals surface area contributed by atoms with E-state index in [9.17, 15) is 9.65 Å². The first-order valence-corrected chi connectivity index (χ1v) is 13.6. The lowest BCUT2D eigenvalue weighted by molar-refractivity contribution is 0.00812. The predicted octanol–water partition coefficient (Wildman–Crippen LogP) is 8.07. The molecule has 0 aromatic heterocycles. The molecule has 1 aliphatic carbocycles. The van der Waals surface area contributed by atoms with Crippen LogP contribution < -0.4 is 0 Å². The molecule has 1 saturated heterocycles. The highest BCUT2D eigenvalue weighted by molar-refractivity contribution is 6.30. The van der Waals surface area contributed by atoms with Gasteiger partial charge in [-0.15, -0.1) is 0 Å². The molecule has 0 amide bonds. The summed E-state index contributed by atoms with van der Waals surface area (Å²) in [5.41, 5.74) is 2.95. The molecule has 3 aromatic carbocycles. The van der Waals surface area contributed by atoms with Gasteiger partial charge in [-0.3, -0.25) is 4.90 Å². The lowest BCUT2D eigenvalue weighted by atomic mass is 9.72. The molecule has 2 unspecified atom stereocenters. The summed E-state index contributed by atoms with van der Waals surface area (Å²) in [5, 5.41) is 18.7. The Morgan fingerprint density at radius 3 is 2.34 bits per heavy atom. The number of nitrogens with one attached hydrogen (secondary N) is 1. The highest BCUT2D eigenvalue weighted by atomic mass is 35.5. The largest absolute Gasteiger partial charge is 0.304 e. The first-order valence-electron chi connectivity index (χ1n) is 13.2. The molecule has 38 heavy (non-hydrogen) atoms. The van der Waals surface area contributed by atoms with Crippen molar-refractivity contribution in [3.63, 3.8) is 0 Å². The molecular formula is C32H32ClF2N3. The third-order valence-electron chi connectivity index (χ3n) is 8.14. The molecule has 0 bridgehead atoms. The number of hydrogen-bond donors (Lipinski definition) is 1. The van der Waals surface area contributed by atoms with Gasteiger partial charge in [0.15, 0.2) is 0 Å². The molecule has 196 valence electrons. The Morgan fingerprint density at radius 1 is 1.03 bits per heavy atom. The van der Waals surface area contributed by atoms with Crippen molar-refractivity contribution >= 4 is 17.3 Å². The minimum atomic E-state index is -1.59. The summed E-state index contributed by atoms with van der Waals surface area (Å²) in [4.78, 5) is 2.31. The zero-order chi connectivity index (χ0) is 27.0. The monoisotopic (exact) mass is 531 g/mol. The van der Waals surface area contributed by atoms with Gasteiger partial charge in [0, 0.05) is 35.7 Å². The predicted molar refractivity (Wildman–Crippen MR) is 148 cm³/mol. The van der Waals surface area contributed by atoms with Gasteiger partial charge in [0.1, 0.15) is 11.5 Å². The van der Waals surface area contributed by atoms with Gasteiger partial charge in [-0.1, -0.05) is 48.4 Å². The highest BCUT2D eigenvalue weighted by Crippen LogP contribution is 2.46. The number of hydrogen-bond acceptors (Lipinski definition) is 3. The first-order chi connectivity index (χ1) is 18.1. The number of rotatable bonds is 8. The quantitative estimate of drug-likeness (QED) is 0.299. The summed E-state index contributed by atoms with van der Waals surface area (Å²) in [6.45, 7) is 4.30. The average Bonchev–Trinajstić information content (AvgIpc) is 2.81. The van der Waals surface area contributed by atoms with Crippen molar-refractivity contribution < 1.29 is 8.78 Å². The third kappa shape index (κ3) is 5.39. The number of nitriles is 1. The fraction of sp³-hybridized carbons (Fsp3) is 0.375. The zero-order valence-electron chi connectivity index (χ0n) is 21.7. The lowest BCUT2D eigenvalue weighted by Gasteiger charge is -2.50. The van der Waals surface area contributed by atoms with Crippen molar-refractivity contribution in [3.8, 4) is 6.07 Å². The number of alkyl halides is 1. The van der Waals surface area contributed by atoms with Gasteiger partial charge in [0.2, 0.25) is 0 Å². The number of halogens is 3. The second-order valence-electron chi connectivity index (χ2n) is 11.3. The van der Waals surface area contributed by atoms with Crippen LogP contribution in [0.5, 0.6) is 0 Å². The molecule has 1 N–H and O–H groups in total. The number of nitrogens with zero attached hydrogens (tertiary/aromatic N) is 2. The molecule has 2 atom stereocenters. The van der Waals surface area contributed by atoms with Crippen LogP contribution in [0, 0.1) is 34.4 Å². The van der Waals surface area contributed by atoms with E-state index >= 15 is 4.39 Å². The van der Waals surface area contributed by atoms with Crippen LogP contribution in [0.3, 0.4) is 0 Å². The molecule has 1 saturated carbocycles. The van der Waals surface area contributed by atoms with E-state index in [0.717, 1.165) is 29.5 Å². The molecule has 1 heterocycles. The summed E-state index contributed by atoms with van der Waals surface area (Å²) in [5.74, 6) is -0.779. The van der Waals surface area contributed by atoms with E-state index in [1.54, 1.807) is 6.07 Å². The standard InChI is InChI=1S/C32H32ClF2N3/c1-32(2,35)29(25-13-20(17-36)14-28(34)16-25)26-18-38(19-26)31(22-9-11-27(33)12-10-22)24-8-4-7-23(15-24)30(37)21-5-3-6-21/h4,7-16,21,26,29,31,37H,3,5-6,18-19H2,1-2H3. The van der Waals surface area contributed by atoms with Gasteiger partial charge >= 0.3 is 0 Å². The Bertz CT molecular complexity index is 1360. The van der Waals surface area contributed by atoms with Gasteiger partial charge in [-0.05, 0) is 91.3 Å². The Kier molecular flexibility index (Phi) is 7.40. The van der Waals surface area contributed by atoms with Crippen LogP contribution in [0.4, 0.5) is 8.78 Å². The van der Waals surface area contributed by atoms with Gasteiger partial charge in [0.05, 0.1) is 17.7 Å². The Balaban J connectivity index is 1.45. The fourth-order valence-corrected chi connectivity index (χ4v) is 6.25. The van der Waals surface area contributed by atoms with Gasteiger partial charge in [-0.2, -0.15) is 5.26 Å². The molecule has 0 spiro atoms. The molecule has 6 heteroatoms. The second kappa shape index (κ2) is 10.6. The van der Waals surface area contributed by atoms with Crippen molar-refractivity contribution in [3.05, 3.63) is 105 Å². The van der Waals surface area contributed by atoms with Crippen molar-refractivity contribution in [2.24, 2.45) is 11.8 Å². The highest BCUT2D eigenvalue weighted by Gasteiger charge is 2.45.